The van der Waals surface area contributed by atoms with Crippen LogP contribution in [0.15, 0.2) is 18.3 Å². The molecule has 0 bridgehead atoms. The number of hydrogen-bond acceptors (Lipinski definition) is 3. The maximum Gasteiger partial charge on any atom is 0.254 e. The summed E-state index contributed by atoms with van der Waals surface area (Å²) in [5.41, 5.74) is 0.627. The van der Waals surface area contributed by atoms with E-state index in [0.717, 1.165) is 5.92 Å². The molecular weight excluding hydrogens is 238 g/mol. The Balaban J connectivity index is 2.01. The molecule has 0 atom stereocenters. The Kier molecular flexibility index (Phi) is 4.77. The highest BCUT2D eigenvalue weighted by Crippen LogP contribution is 2.28. The monoisotopic (exact) mass is 261 g/mol. The van der Waals surface area contributed by atoms with Crippen LogP contribution in [0.4, 0.5) is 5.82 Å². The SMILES string of the molecule is CCC1CCC(Nc2ncccc2C(=O)NC)CC1. The fourth-order valence-electron chi connectivity index (χ4n) is 2.75. The van der Waals surface area contributed by atoms with E-state index < -0.39 is 0 Å². The minimum atomic E-state index is -0.0853. The van der Waals surface area contributed by atoms with Gasteiger partial charge in [-0.15, -0.1) is 0 Å². The summed E-state index contributed by atoms with van der Waals surface area (Å²) in [6, 6.07) is 4.05. The van der Waals surface area contributed by atoms with Gasteiger partial charge in [-0.2, -0.15) is 0 Å². The van der Waals surface area contributed by atoms with Crippen molar-refractivity contribution in [1.82, 2.24) is 10.3 Å². The van der Waals surface area contributed by atoms with Gasteiger partial charge in [0, 0.05) is 19.3 Å². The first-order valence-electron chi connectivity index (χ1n) is 7.18. The number of hydrogen-bond donors (Lipinski definition) is 2. The van der Waals surface area contributed by atoms with Gasteiger partial charge in [-0.1, -0.05) is 13.3 Å². The summed E-state index contributed by atoms with van der Waals surface area (Å²) < 4.78 is 0. The molecule has 0 spiro atoms. The van der Waals surface area contributed by atoms with E-state index in [1.807, 2.05) is 6.07 Å². The number of nitrogens with zero attached hydrogens (tertiary/aromatic N) is 1. The van der Waals surface area contributed by atoms with Gasteiger partial charge in [-0.05, 0) is 43.7 Å². The summed E-state index contributed by atoms with van der Waals surface area (Å²) >= 11 is 0. The fourth-order valence-corrected chi connectivity index (χ4v) is 2.75. The van der Waals surface area contributed by atoms with Gasteiger partial charge in [0.15, 0.2) is 0 Å². The maximum absolute atomic E-state index is 11.8. The Hall–Kier alpha value is -1.58. The maximum atomic E-state index is 11.8. The molecule has 19 heavy (non-hydrogen) atoms. The van der Waals surface area contributed by atoms with Gasteiger partial charge in [0.2, 0.25) is 0 Å². The lowest BCUT2D eigenvalue weighted by Gasteiger charge is -2.29. The zero-order valence-electron chi connectivity index (χ0n) is 11.8. The predicted octanol–water partition coefficient (Wildman–Crippen LogP) is 2.82. The van der Waals surface area contributed by atoms with E-state index in [-0.39, 0.29) is 5.91 Å². The lowest BCUT2D eigenvalue weighted by Crippen LogP contribution is -2.28. The number of amides is 1. The molecule has 1 aromatic heterocycles. The molecule has 0 unspecified atom stereocenters. The van der Waals surface area contributed by atoms with Crippen LogP contribution < -0.4 is 10.6 Å². The molecule has 2 rings (SSSR count). The zero-order chi connectivity index (χ0) is 13.7. The molecule has 104 valence electrons. The Morgan fingerprint density at radius 3 is 2.74 bits per heavy atom. The summed E-state index contributed by atoms with van der Waals surface area (Å²) in [5.74, 6) is 1.50. The first-order valence-corrected chi connectivity index (χ1v) is 7.18. The smallest absolute Gasteiger partial charge is 0.254 e. The van der Waals surface area contributed by atoms with Crippen LogP contribution in [0.2, 0.25) is 0 Å². The van der Waals surface area contributed by atoms with Gasteiger partial charge in [0.1, 0.15) is 5.82 Å². The third kappa shape index (κ3) is 3.46. The van der Waals surface area contributed by atoms with Gasteiger partial charge in [-0.25, -0.2) is 4.98 Å². The van der Waals surface area contributed by atoms with Crippen LogP contribution in [-0.2, 0) is 0 Å². The van der Waals surface area contributed by atoms with Crippen molar-refractivity contribution in [1.29, 1.82) is 0 Å². The van der Waals surface area contributed by atoms with Crippen LogP contribution in [0.1, 0.15) is 49.4 Å². The van der Waals surface area contributed by atoms with Crippen LogP contribution in [0.25, 0.3) is 0 Å². The molecule has 1 amide bonds. The minimum Gasteiger partial charge on any atom is -0.367 e. The first kappa shape index (κ1) is 13.8. The zero-order valence-corrected chi connectivity index (χ0v) is 11.8. The second-order valence-electron chi connectivity index (χ2n) is 5.25. The molecule has 1 aromatic rings. The number of pyridine rings is 1. The quantitative estimate of drug-likeness (QED) is 0.876. The number of carbonyl (C=O) groups excluding carboxylic acids is 1. The molecule has 0 radical (unpaired) electrons. The van der Waals surface area contributed by atoms with Crippen molar-refractivity contribution in [2.45, 2.75) is 45.1 Å². The second kappa shape index (κ2) is 6.55. The summed E-state index contributed by atoms with van der Waals surface area (Å²) in [6.45, 7) is 2.26. The van der Waals surface area contributed by atoms with E-state index in [1.54, 1.807) is 19.3 Å². The lowest BCUT2D eigenvalue weighted by atomic mass is 9.84. The van der Waals surface area contributed by atoms with Crippen molar-refractivity contribution in [2.75, 3.05) is 12.4 Å². The van der Waals surface area contributed by atoms with Crippen LogP contribution in [0.5, 0.6) is 0 Å². The van der Waals surface area contributed by atoms with E-state index in [0.29, 0.717) is 17.4 Å². The number of carbonyl (C=O) groups is 1. The number of nitrogens with one attached hydrogen (secondary N) is 2. The van der Waals surface area contributed by atoms with Gasteiger partial charge >= 0.3 is 0 Å². The third-order valence-corrected chi connectivity index (χ3v) is 4.04. The van der Waals surface area contributed by atoms with Crippen LogP contribution in [-0.4, -0.2) is 24.0 Å². The predicted molar refractivity (Wildman–Crippen MR) is 77.3 cm³/mol. The van der Waals surface area contributed by atoms with E-state index in [1.165, 1.54) is 32.1 Å². The summed E-state index contributed by atoms with van der Waals surface area (Å²) in [6.07, 6.45) is 7.89. The van der Waals surface area contributed by atoms with Crippen molar-refractivity contribution in [3.63, 3.8) is 0 Å². The Morgan fingerprint density at radius 1 is 1.37 bits per heavy atom. The summed E-state index contributed by atoms with van der Waals surface area (Å²) in [5, 5.41) is 6.09. The van der Waals surface area contributed by atoms with Crippen molar-refractivity contribution >= 4 is 11.7 Å². The van der Waals surface area contributed by atoms with Crippen LogP contribution >= 0.6 is 0 Å². The number of rotatable bonds is 4. The Bertz CT molecular complexity index is 425. The standard InChI is InChI=1S/C15H23N3O/c1-3-11-6-8-12(9-7-11)18-14-13(15(19)16-2)5-4-10-17-14/h4-5,10-12H,3,6-9H2,1-2H3,(H,16,19)(H,17,18). The van der Waals surface area contributed by atoms with Crippen LogP contribution in [0, 0.1) is 5.92 Å². The van der Waals surface area contributed by atoms with E-state index in [2.05, 4.69) is 22.5 Å². The Labute approximate surface area is 115 Å². The third-order valence-electron chi connectivity index (χ3n) is 4.04. The molecule has 0 aliphatic heterocycles. The normalized spacial score (nSPS) is 22.8. The summed E-state index contributed by atoms with van der Waals surface area (Å²) in [4.78, 5) is 16.1. The van der Waals surface area contributed by atoms with E-state index >= 15 is 0 Å². The van der Waals surface area contributed by atoms with Crippen LogP contribution in [0.3, 0.4) is 0 Å². The van der Waals surface area contributed by atoms with E-state index in [4.69, 9.17) is 0 Å². The van der Waals surface area contributed by atoms with Crippen molar-refractivity contribution < 1.29 is 4.79 Å². The molecule has 1 saturated carbocycles. The topological polar surface area (TPSA) is 54.0 Å². The number of aromatic nitrogens is 1. The minimum absolute atomic E-state index is 0.0853. The highest BCUT2D eigenvalue weighted by atomic mass is 16.1. The van der Waals surface area contributed by atoms with E-state index in [9.17, 15) is 4.79 Å². The van der Waals surface area contributed by atoms with Gasteiger partial charge < -0.3 is 10.6 Å². The average Bonchev–Trinajstić information content (AvgIpc) is 2.48. The molecule has 1 aliphatic carbocycles. The molecule has 1 heterocycles. The average molecular weight is 261 g/mol. The largest absolute Gasteiger partial charge is 0.367 e. The highest BCUT2D eigenvalue weighted by Gasteiger charge is 2.21. The summed E-state index contributed by atoms with van der Waals surface area (Å²) in [7, 11) is 1.64. The van der Waals surface area contributed by atoms with Crippen molar-refractivity contribution in [3.8, 4) is 0 Å². The molecular formula is C15H23N3O. The molecule has 4 heteroatoms. The van der Waals surface area contributed by atoms with Gasteiger partial charge in [0.25, 0.3) is 5.91 Å². The van der Waals surface area contributed by atoms with Gasteiger partial charge in [0.05, 0.1) is 5.56 Å². The molecule has 1 aliphatic rings. The molecule has 2 N–H and O–H groups in total. The molecule has 4 nitrogen and oxygen atoms in total. The Morgan fingerprint density at radius 2 is 2.11 bits per heavy atom. The lowest BCUT2D eigenvalue weighted by molar-refractivity contribution is 0.0963. The second-order valence-corrected chi connectivity index (χ2v) is 5.25. The fraction of sp³-hybridized carbons (Fsp3) is 0.600. The van der Waals surface area contributed by atoms with Crippen molar-refractivity contribution in [2.24, 2.45) is 5.92 Å². The first-order chi connectivity index (χ1) is 9.24. The number of anilines is 1. The molecule has 0 saturated heterocycles. The van der Waals surface area contributed by atoms with Gasteiger partial charge in [-0.3, -0.25) is 4.79 Å². The highest BCUT2D eigenvalue weighted by molar-refractivity contribution is 5.98. The molecule has 0 aromatic carbocycles. The molecule has 1 fully saturated rings. The van der Waals surface area contributed by atoms with Crippen molar-refractivity contribution in [3.05, 3.63) is 23.9 Å².